The molecule has 8 N–H and O–H groups in total. The fraction of sp³-hybridized carbons (Fsp3) is 0.385. The number of benzene rings is 4. The Kier molecular flexibility index (Phi) is 21.7. The van der Waals surface area contributed by atoms with Gasteiger partial charge in [-0.3, -0.25) is 40.8 Å². The first-order chi connectivity index (χ1) is 34.8. The SMILES string of the molecule is CCOC(=N)c1ccc(OCCCN2CCN(CCCOc3ccc(C(=N)OCC)cc3)C(=O)C2=O)cc1.N=C(N)c1ccc(OCCCN2CCN(CCCOc3ccc(C(=N)N)cc3)C(=O)C2=O)cc1. The second kappa shape index (κ2) is 28.5. The van der Waals surface area contributed by atoms with E-state index in [4.69, 9.17) is 61.5 Å². The fourth-order valence-corrected chi connectivity index (χ4v) is 7.39. The van der Waals surface area contributed by atoms with Gasteiger partial charge in [0.2, 0.25) is 11.8 Å². The van der Waals surface area contributed by atoms with Crippen LogP contribution in [0.25, 0.3) is 0 Å². The lowest BCUT2D eigenvalue weighted by atomic mass is 10.2. The number of rotatable bonds is 26. The normalized spacial score (nSPS) is 13.5. The number of ether oxygens (including phenoxy) is 6. The maximum atomic E-state index is 12.5. The molecule has 2 fully saturated rings. The lowest BCUT2D eigenvalue weighted by Gasteiger charge is -2.33. The number of nitrogen functional groups attached to an aromatic ring is 2. The van der Waals surface area contributed by atoms with Gasteiger partial charge in [0.25, 0.3) is 0 Å². The van der Waals surface area contributed by atoms with Gasteiger partial charge in [-0.2, -0.15) is 0 Å². The van der Waals surface area contributed by atoms with Crippen LogP contribution < -0.4 is 30.4 Å². The van der Waals surface area contributed by atoms with E-state index in [9.17, 15) is 19.2 Å². The Labute approximate surface area is 420 Å². The average molecular weight is 991 g/mol. The molecule has 6 rings (SSSR count). The summed E-state index contributed by atoms with van der Waals surface area (Å²) in [6.45, 7) is 9.96. The molecule has 2 heterocycles. The van der Waals surface area contributed by atoms with Crippen LogP contribution in [0.5, 0.6) is 23.0 Å². The summed E-state index contributed by atoms with van der Waals surface area (Å²) in [5.41, 5.74) is 13.5. The Morgan fingerprint density at radius 2 is 0.625 bits per heavy atom. The smallest absolute Gasteiger partial charge is 0.312 e. The van der Waals surface area contributed by atoms with Gasteiger partial charge < -0.3 is 59.5 Å². The standard InChI is InChI=1S/C28H36N4O6.C24H30N6O4/c1-3-35-25(29)21-7-11-23(12-8-21)37-19-5-15-31-17-18-32(28(34)27(31)33)16-6-20-38-24-13-9-22(10-14-24)26(30)36-4-2;25-21(26)17-3-7-19(8-4-17)33-15-1-11-29-13-14-30(24(32)23(29)31)12-2-16-34-20-9-5-18(6-10-20)22(27)28/h7-14,29-30H,3-6,15-20H2,1-2H3;3-10H,1-2,11-16H2,(H3,25,26)(H3,27,28). The van der Waals surface area contributed by atoms with E-state index in [1.807, 2.05) is 13.8 Å². The molecule has 0 bridgehead atoms. The Bertz CT molecular complexity index is 2280. The van der Waals surface area contributed by atoms with E-state index in [1.54, 1.807) is 117 Å². The first-order valence-corrected chi connectivity index (χ1v) is 24.0. The van der Waals surface area contributed by atoms with Crippen molar-refractivity contribution in [1.82, 2.24) is 19.6 Å². The third-order valence-electron chi connectivity index (χ3n) is 11.3. The number of carbonyl (C=O) groups is 4. The van der Waals surface area contributed by atoms with Crippen molar-refractivity contribution in [3.8, 4) is 23.0 Å². The zero-order valence-electron chi connectivity index (χ0n) is 41.0. The van der Waals surface area contributed by atoms with E-state index in [-0.39, 0.29) is 23.5 Å². The van der Waals surface area contributed by atoms with Crippen LogP contribution in [0, 0.1) is 21.6 Å². The number of carbonyl (C=O) groups excluding carboxylic acids is 4. The molecule has 0 unspecified atom stereocenters. The molecule has 4 aromatic carbocycles. The molecule has 4 aromatic rings. The van der Waals surface area contributed by atoms with E-state index in [1.165, 1.54) is 0 Å². The van der Waals surface area contributed by atoms with Gasteiger partial charge in [-0.05, 0) is 137 Å². The van der Waals surface area contributed by atoms with Crippen LogP contribution in [0.4, 0.5) is 0 Å². The maximum absolute atomic E-state index is 12.5. The van der Waals surface area contributed by atoms with Gasteiger partial charge in [0.1, 0.15) is 34.7 Å². The average Bonchev–Trinajstić information content (AvgIpc) is 3.38. The van der Waals surface area contributed by atoms with Crippen LogP contribution in [0.1, 0.15) is 61.8 Å². The van der Waals surface area contributed by atoms with Gasteiger partial charge in [0, 0.05) is 74.6 Å². The van der Waals surface area contributed by atoms with E-state index >= 15 is 0 Å². The number of amides is 4. The van der Waals surface area contributed by atoms with Crippen molar-refractivity contribution in [2.75, 3.05) is 92.0 Å². The molecule has 72 heavy (non-hydrogen) atoms. The molecule has 0 aliphatic carbocycles. The highest BCUT2D eigenvalue weighted by molar-refractivity contribution is 6.35. The minimum Gasteiger partial charge on any atom is -0.494 e. The van der Waals surface area contributed by atoms with Crippen molar-refractivity contribution in [3.05, 3.63) is 119 Å². The summed E-state index contributed by atoms with van der Waals surface area (Å²) in [6, 6.07) is 28.1. The zero-order chi connectivity index (χ0) is 51.8. The van der Waals surface area contributed by atoms with Gasteiger partial charge in [0.15, 0.2) is 0 Å². The van der Waals surface area contributed by atoms with Crippen molar-refractivity contribution >= 4 is 47.1 Å². The number of nitrogens with one attached hydrogen (secondary N) is 4. The Hall–Kier alpha value is -8.16. The third kappa shape index (κ3) is 17.1. The quantitative estimate of drug-likeness (QED) is 0.0220. The highest BCUT2D eigenvalue weighted by Crippen LogP contribution is 2.18. The molecule has 2 aliphatic rings. The van der Waals surface area contributed by atoms with E-state index in [0.29, 0.717) is 163 Å². The van der Waals surface area contributed by atoms with E-state index in [0.717, 1.165) is 0 Å². The van der Waals surface area contributed by atoms with Crippen LogP contribution >= 0.6 is 0 Å². The molecule has 0 saturated carbocycles. The summed E-state index contributed by atoms with van der Waals surface area (Å²) >= 11 is 0. The molecule has 0 radical (unpaired) electrons. The molecule has 0 aromatic heterocycles. The van der Waals surface area contributed by atoms with Gasteiger partial charge in [-0.1, -0.05) is 0 Å². The third-order valence-corrected chi connectivity index (χ3v) is 11.3. The Morgan fingerprint density at radius 3 is 0.833 bits per heavy atom. The predicted octanol–water partition coefficient (Wildman–Crippen LogP) is 4.48. The summed E-state index contributed by atoms with van der Waals surface area (Å²) in [4.78, 5) is 56.3. The van der Waals surface area contributed by atoms with Crippen LogP contribution in [0.2, 0.25) is 0 Å². The molecule has 20 heteroatoms. The molecular formula is C52H66N10O10. The maximum Gasteiger partial charge on any atom is 0.312 e. The van der Waals surface area contributed by atoms with Gasteiger partial charge in [-0.15, -0.1) is 0 Å². The summed E-state index contributed by atoms with van der Waals surface area (Å²) in [5.74, 6) is 0.983. The topological polar surface area (TPSA) is 284 Å². The first-order valence-electron chi connectivity index (χ1n) is 24.0. The van der Waals surface area contributed by atoms with Crippen molar-refractivity contribution in [2.45, 2.75) is 39.5 Å². The summed E-state index contributed by atoms with van der Waals surface area (Å²) in [5, 5.41) is 30.4. The largest absolute Gasteiger partial charge is 0.494 e. The van der Waals surface area contributed by atoms with Crippen molar-refractivity contribution in [1.29, 1.82) is 21.6 Å². The summed E-state index contributed by atoms with van der Waals surface area (Å²) in [6.07, 6.45) is 2.41. The number of nitrogens with zero attached hydrogens (tertiary/aromatic N) is 4. The molecule has 4 amide bonds. The van der Waals surface area contributed by atoms with Crippen LogP contribution in [0.15, 0.2) is 97.1 Å². The number of hydrogen-bond acceptors (Lipinski definition) is 14. The lowest BCUT2D eigenvalue weighted by molar-refractivity contribution is -0.156. The van der Waals surface area contributed by atoms with E-state index in [2.05, 4.69) is 0 Å². The van der Waals surface area contributed by atoms with E-state index < -0.39 is 23.6 Å². The molecule has 2 saturated heterocycles. The minimum absolute atomic E-state index is 0.00170. The fourth-order valence-electron chi connectivity index (χ4n) is 7.39. The van der Waals surface area contributed by atoms with Crippen molar-refractivity contribution in [2.24, 2.45) is 11.5 Å². The highest BCUT2D eigenvalue weighted by Gasteiger charge is 2.33. The van der Waals surface area contributed by atoms with Crippen molar-refractivity contribution in [3.63, 3.8) is 0 Å². The number of nitrogens with two attached hydrogens (primary N) is 2. The van der Waals surface area contributed by atoms with Crippen molar-refractivity contribution < 1.29 is 47.6 Å². The molecule has 0 atom stereocenters. The zero-order valence-corrected chi connectivity index (χ0v) is 41.0. The van der Waals surface area contributed by atoms with Crippen LogP contribution in [0.3, 0.4) is 0 Å². The molecule has 20 nitrogen and oxygen atoms in total. The second-order valence-corrected chi connectivity index (χ2v) is 16.4. The number of hydrogen-bond donors (Lipinski definition) is 6. The number of piperazine rings is 2. The van der Waals surface area contributed by atoms with Gasteiger partial charge >= 0.3 is 23.6 Å². The first kappa shape index (κ1) is 54.8. The van der Waals surface area contributed by atoms with Gasteiger partial charge in [-0.25, -0.2) is 0 Å². The Morgan fingerprint density at radius 1 is 0.403 bits per heavy atom. The molecular weight excluding hydrogens is 925 g/mol. The monoisotopic (exact) mass is 990 g/mol. The summed E-state index contributed by atoms with van der Waals surface area (Å²) < 4.78 is 33.1. The predicted molar refractivity (Wildman–Crippen MR) is 271 cm³/mol. The summed E-state index contributed by atoms with van der Waals surface area (Å²) in [7, 11) is 0. The van der Waals surface area contributed by atoms with Gasteiger partial charge in [0.05, 0.1) is 39.6 Å². The van der Waals surface area contributed by atoms with Crippen LogP contribution in [-0.4, -0.2) is 159 Å². The lowest BCUT2D eigenvalue weighted by Crippen LogP contribution is -2.54. The second-order valence-electron chi connectivity index (χ2n) is 16.4. The Balaban J connectivity index is 0.000000269. The molecule has 0 spiro atoms. The molecule has 384 valence electrons. The highest BCUT2D eigenvalue weighted by atomic mass is 16.5. The molecule has 2 aliphatic heterocycles. The minimum atomic E-state index is -0.488. The number of amidine groups is 2. The van der Waals surface area contributed by atoms with Crippen LogP contribution in [-0.2, 0) is 28.7 Å².